The molecule has 0 fully saturated rings. The number of aromatic nitrogens is 1. The topological polar surface area (TPSA) is 78.9 Å². The first-order valence-corrected chi connectivity index (χ1v) is 10.7. The van der Waals surface area contributed by atoms with Crippen molar-refractivity contribution in [3.63, 3.8) is 0 Å². The number of amides is 1. The van der Waals surface area contributed by atoms with Gasteiger partial charge in [0.2, 0.25) is 0 Å². The zero-order valence-corrected chi connectivity index (χ0v) is 20.2. The fourth-order valence-electron chi connectivity index (χ4n) is 2.34. The van der Waals surface area contributed by atoms with Crippen LogP contribution < -0.4 is 5.32 Å². The van der Waals surface area contributed by atoms with Gasteiger partial charge < -0.3 is 0 Å². The summed E-state index contributed by atoms with van der Waals surface area (Å²) in [6.45, 7) is 0. The maximum atomic E-state index is 14.5. The minimum atomic E-state index is -7.83. The number of thiazole rings is 1. The fraction of sp³-hybridized carbons (Fsp3) is 0.529. The van der Waals surface area contributed by atoms with Crippen LogP contribution in [0.5, 0.6) is 0 Å². The Morgan fingerprint density at radius 3 is 1.36 bits per heavy atom. The van der Waals surface area contributed by atoms with Gasteiger partial charge in [0.25, 0.3) is 0 Å². The van der Waals surface area contributed by atoms with Crippen LogP contribution in [-0.4, -0.2) is 65.9 Å². The minimum Gasteiger partial charge on any atom is -0.297 e. The number of nitrogens with one attached hydrogen (secondary N) is 1. The quantitative estimate of drug-likeness (QED) is 0.229. The molecule has 1 amide bonds. The summed E-state index contributed by atoms with van der Waals surface area (Å²) in [6, 6.07) is 4.89. The summed E-state index contributed by atoms with van der Waals surface area (Å²) >= 11 is 0.220. The van der Waals surface area contributed by atoms with E-state index in [1.807, 2.05) is 0 Å². The molecular formula is C17H5F19N2O5S. The lowest BCUT2D eigenvalue weighted by atomic mass is 10.2. The second-order valence-electron chi connectivity index (χ2n) is 7.49. The van der Waals surface area contributed by atoms with Crippen LogP contribution in [0.25, 0.3) is 10.2 Å². The van der Waals surface area contributed by atoms with Gasteiger partial charge in [-0.1, -0.05) is 23.5 Å². The highest BCUT2D eigenvalue weighted by Gasteiger charge is 2.79. The number of alkyl halides is 19. The predicted octanol–water partition coefficient (Wildman–Crippen LogP) is 7.61. The Kier molecular flexibility index (Phi) is 9.45. The molecular weight excluding hydrogens is 705 g/mol. The highest BCUT2D eigenvalue weighted by atomic mass is 32.1. The Morgan fingerprint density at radius 1 is 0.591 bits per heavy atom. The van der Waals surface area contributed by atoms with E-state index in [-0.39, 0.29) is 21.6 Å². The van der Waals surface area contributed by atoms with Gasteiger partial charge in [0.05, 0.1) is 10.2 Å². The number of hydrogen-bond donors (Lipinski definition) is 1. The highest BCUT2D eigenvalue weighted by molar-refractivity contribution is 7.22. The van der Waals surface area contributed by atoms with Gasteiger partial charge >= 0.3 is 61.0 Å². The van der Waals surface area contributed by atoms with E-state index >= 15 is 0 Å². The molecule has 1 aromatic heterocycles. The minimum absolute atomic E-state index is 0.0316. The average Bonchev–Trinajstić information content (AvgIpc) is 3.16. The average molecular weight is 710 g/mol. The number of carbonyl (C=O) groups is 1. The lowest BCUT2D eigenvalue weighted by Crippen LogP contribution is -2.62. The summed E-state index contributed by atoms with van der Waals surface area (Å²) < 4.78 is 256. The van der Waals surface area contributed by atoms with Crippen molar-refractivity contribution >= 4 is 32.6 Å². The summed E-state index contributed by atoms with van der Waals surface area (Å²) in [5.74, 6) is -10.2. The molecule has 1 unspecified atom stereocenters. The van der Waals surface area contributed by atoms with E-state index in [0.717, 1.165) is 11.4 Å². The van der Waals surface area contributed by atoms with E-state index in [0.29, 0.717) is 0 Å². The number of benzene rings is 1. The Morgan fingerprint density at radius 2 is 0.977 bits per heavy atom. The summed E-state index contributed by atoms with van der Waals surface area (Å²) in [5, 5.41) is -0.172. The molecule has 44 heavy (non-hydrogen) atoms. The zero-order valence-electron chi connectivity index (χ0n) is 19.4. The number of halogens is 19. The molecule has 0 saturated heterocycles. The van der Waals surface area contributed by atoms with Gasteiger partial charge in [-0.15, -0.1) is 13.2 Å². The number of anilines is 1. The molecule has 0 saturated carbocycles. The summed E-state index contributed by atoms with van der Waals surface area (Å²) in [7, 11) is 0. The van der Waals surface area contributed by atoms with Gasteiger partial charge in [0, 0.05) is 0 Å². The highest BCUT2D eigenvalue weighted by Crippen LogP contribution is 2.52. The normalized spacial score (nSPS) is 16.2. The third-order valence-corrected chi connectivity index (χ3v) is 5.16. The van der Waals surface area contributed by atoms with Crippen LogP contribution in [0.1, 0.15) is 0 Å². The molecule has 7 nitrogen and oxygen atoms in total. The second kappa shape index (κ2) is 11.2. The van der Waals surface area contributed by atoms with Crippen molar-refractivity contribution in [3.05, 3.63) is 24.3 Å². The van der Waals surface area contributed by atoms with Crippen molar-refractivity contribution in [1.29, 1.82) is 0 Å². The Balaban J connectivity index is 2.35. The van der Waals surface area contributed by atoms with E-state index in [9.17, 15) is 88.2 Å². The molecule has 2 rings (SSSR count). The molecule has 0 aliphatic rings. The van der Waals surface area contributed by atoms with E-state index in [4.69, 9.17) is 0 Å². The number of rotatable bonds is 12. The van der Waals surface area contributed by atoms with Crippen LogP contribution in [0.4, 0.5) is 88.5 Å². The second-order valence-corrected chi connectivity index (χ2v) is 8.52. The number of para-hydroxylation sites is 1. The van der Waals surface area contributed by atoms with Crippen LogP contribution in [0.15, 0.2) is 24.3 Å². The molecule has 1 heterocycles. The number of hydrogen-bond acceptors (Lipinski definition) is 7. The smallest absolute Gasteiger partial charge is 0.297 e. The van der Waals surface area contributed by atoms with Crippen LogP contribution >= 0.6 is 11.3 Å². The van der Waals surface area contributed by atoms with E-state index < -0.39 is 66.1 Å². The van der Waals surface area contributed by atoms with Crippen molar-refractivity contribution < 1.29 is 107 Å². The molecule has 0 aliphatic carbocycles. The lowest BCUT2D eigenvalue weighted by molar-refractivity contribution is -0.579. The zero-order chi connectivity index (χ0) is 34.6. The van der Waals surface area contributed by atoms with Crippen molar-refractivity contribution in [1.82, 2.24) is 4.98 Å². The van der Waals surface area contributed by atoms with Gasteiger partial charge in [-0.2, -0.15) is 70.2 Å². The van der Waals surface area contributed by atoms with Crippen LogP contribution in [0, 0.1) is 0 Å². The van der Waals surface area contributed by atoms with Crippen LogP contribution in [0.3, 0.4) is 0 Å². The third-order valence-electron chi connectivity index (χ3n) is 4.21. The van der Waals surface area contributed by atoms with Crippen LogP contribution in [0.2, 0.25) is 0 Å². The summed E-state index contributed by atoms with van der Waals surface area (Å²) in [5.41, 5.74) is -0.130. The third kappa shape index (κ3) is 7.65. The summed E-state index contributed by atoms with van der Waals surface area (Å²) in [6.07, 6.45) is -59.9. The molecule has 1 aromatic carbocycles. The Hall–Kier alpha value is -2.91. The first kappa shape index (κ1) is 37.3. The Labute approximate surface area is 230 Å². The van der Waals surface area contributed by atoms with Crippen LogP contribution in [-0.2, 0) is 23.7 Å². The van der Waals surface area contributed by atoms with Gasteiger partial charge in [0.15, 0.2) is 5.13 Å². The molecule has 252 valence electrons. The summed E-state index contributed by atoms with van der Waals surface area (Å²) in [4.78, 5) is 15.2. The first-order chi connectivity index (χ1) is 19.3. The van der Waals surface area contributed by atoms with Crippen molar-refractivity contribution in [3.8, 4) is 0 Å². The molecule has 0 aliphatic heterocycles. The number of nitrogens with zero attached hydrogens (tertiary/aromatic N) is 1. The van der Waals surface area contributed by atoms with E-state index in [1.54, 1.807) is 0 Å². The molecule has 1 N–H and O–H groups in total. The van der Waals surface area contributed by atoms with E-state index in [2.05, 4.69) is 9.72 Å². The SMILES string of the molecule is O=C(Nc1nc2ccccc2s1)C(F)(OC(F)(F)C(F)(F)OC(F)(F)C(F)(F)OC(F)(F)C(F)(F)OC(F)(F)F)C(F)(F)F. The first-order valence-electron chi connectivity index (χ1n) is 9.86. The molecule has 0 radical (unpaired) electrons. The maximum Gasteiger partial charge on any atom is 0.527 e. The monoisotopic (exact) mass is 710 g/mol. The molecule has 2 aromatic rings. The standard InChI is InChI=1S/C17H5F19N2O5S/c18-9(10(19,20)21,7(39)38-8-37-5-3-1-2-4-6(5)44-8)40-11(22,23)12(24,25)41-13(26,27)14(28,29)42-15(30,31)16(32,33)43-17(34,35)36/h1-4H,(H,37,38,39). The molecule has 0 spiro atoms. The van der Waals surface area contributed by atoms with E-state index in [1.165, 1.54) is 32.4 Å². The molecule has 27 heteroatoms. The predicted molar refractivity (Wildman–Crippen MR) is 98.2 cm³/mol. The lowest BCUT2D eigenvalue weighted by Gasteiger charge is -2.36. The number of carbonyl (C=O) groups excluding carboxylic acids is 1. The molecule has 1 atom stereocenters. The van der Waals surface area contributed by atoms with Gasteiger partial charge in [-0.3, -0.25) is 14.8 Å². The number of fused-ring (bicyclic) bond motifs is 1. The van der Waals surface area contributed by atoms with Crippen molar-refractivity contribution in [2.45, 2.75) is 55.0 Å². The van der Waals surface area contributed by atoms with Gasteiger partial charge in [0.1, 0.15) is 0 Å². The van der Waals surface area contributed by atoms with Gasteiger partial charge in [-0.05, 0) is 12.1 Å². The van der Waals surface area contributed by atoms with Gasteiger partial charge in [-0.25, -0.2) is 19.2 Å². The fourth-order valence-corrected chi connectivity index (χ4v) is 3.20. The number of ether oxygens (including phenoxy) is 4. The van der Waals surface area contributed by atoms with Crippen molar-refractivity contribution in [2.75, 3.05) is 5.32 Å². The largest absolute Gasteiger partial charge is 0.527 e. The molecule has 0 bridgehead atoms. The maximum absolute atomic E-state index is 14.5. The Bertz CT molecular complexity index is 1310. The van der Waals surface area contributed by atoms with Crippen molar-refractivity contribution in [2.24, 2.45) is 0 Å².